The highest BCUT2D eigenvalue weighted by Gasteiger charge is 2.19. The molecule has 1 aromatic heterocycles. The molecule has 6 heteroatoms. The van der Waals surface area contributed by atoms with Gasteiger partial charge in [-0.3, -0.25) is 0 Å². The quantitative estimate of drug-likeness (QED) is 0.537. The molecule has 2 N–H and O–H groups in total. The first kappa shape index (κ1) is 13.4. The number of alkyl halides is 1. The molecule has 1 atom stereocenters. The molecular formula is C14H17ClN4O. The molecule has 20 heavy (non-hydrogen) atoms. The second kappa shape index (κ2) is 5.81. The van der Waals surface area contributed by atoms with Crippen molar-refractivity contribution in [2.24, 2.45) is 10.7 Å². The first-order valence-electron chi connectivity index (χ1n) is 6.76. The molecule has 0 saturated carbocycles. The van der Waals surface area contributed by atoms with Gasteiger partial charge in [-0.05, 0) is 25.3 Å². The number of aromatic nitrogens is 2. The van der Waals surface area contributed by atoms with E-state index in [1.807, 2.05) is 29.1 Å². The van der Waals surface area contributed by atoms with Gasteiger partial charge in [-0.2, -0.15) is 5.10 Å². The Labute approximate surface area is 122 Å². The monoisotopic (exact) mass is 292 g/mol. The largest absolute Gasteiger partial charge is 0.386 e. The van der Waals surface area contributed by atoms with Crippen molar-refractivity contribution in [1.82, 2.24) is 9.78 Å². The van der Waals surface area contributed by atoms with E-state index in [0.29, 0.717) is 5.84 Å². The molecule has 106 valence electrons. The number of amidine groups is 1. The van der Waals surface area contributed by atoms with Crippen molar-refractivity contribution < 1.29 is 4.74 Å². The molecule has 0 bridgehead atoms. The van der Waals surface area contributed by atoms with Gasteiger partial charge in [0.2, 0.25) is 0 Å². The molecule has 1 fully saturated rings. The van der Waals surface area contributed by atoms with Crippen LogP contribution < -0.4 is 5.73 Å². The molecule has 1 aliphatic rings. The molecular weight excluding hydrogens is 276 g/mol. The second-order valence-corrected chi connectivity index (χ2v) is 5.13. The lowest BCUT2D eigenvalue weighted by Gasteiger charge is -2.23. The molecule has 0 amide bonds. The van der Waals surface area contributed by atoms with Gasteiger partial charge in [0.15, 0.2) is 6.23 Å². The Bertz CT molecular complexity index is 631. The van der Waals surface area contributed by atoms with Gasteiger partial charge in [0.25, 0.3) is 0 Å². The van der Waals surface area contributed by atoms with E-state index >= 15 is 0 Å². The summed E-state index contributed by atoms with van der Waals surface area (Å²) in [4.78, 5) is 4.38. The first-order valence-corrected chi connectivity index (χ1v) is 7.30. The van der Waals surface area contributed by atoms with Gasteiger partial charge >= 0.3 is 0 Å². The van der Waals surface area contributed by atoms with Crippen molar-refractivity contribution in [1.29, 1.82) is 0 Å². The van der Waals surface area contributed by atoms with Crippen molar-refractivity contribution in [3.05, 3.63) is 24.4 Å². The van der Waals surface area contributed by atoms with Crippen LogP contribution in [0.2, 0.25) is 0 Å². The minimum atomic E-state index is -0.0187. The number of hydrogen-bond donors (Lipinski definition) is 1. The molecule has 2 heterocycles. The lowest BCUT2D eigenvalue weighted by molar-refractivity contribution is -0.0366. The molecule has 1 aromatic carbocycles. The first-order chi connectivity index (χ1) is 9.79. The van der Waals surface area contributed by atoms with Crippen LogP contribution in [0.15, 0.2) is 29.4 Å². The van der Waals surface area contributed by atoms with Crippen LogP contribution in [-0.2, 0) is 4.74 Å². The van der Waals surface area contributed by atoms with E-state index in [1.54, 1.807) is 0 Å². The van der Waals surface area contributed by atoms with Crippen LogP contribution in [0.4, 0.5) is 5.69 Å². The van der Waals surface area contributed by atoms with Crippen LogP contribution in [0.5, 0.6) is 0 Å². The number of nitrogens with two attached hydrogens (primary N) is 1. The highest BCUT2D eigenvalue weighted by atomic mass is 35.5. The Morgan fingerprint density at radius 2 is 2.40 bits per heavy atom. The molecule has 5 nitrogen and oxygen atoms in total. The summed E-state index contributed by atoms with van der Waals surface area (Å²) in [5.74, 6) is 0.612. The van der Waals surface area contributed by atoms with E-state index in [9.17, 15) is 0 Å². The van der Waals surface area contributed by atoms with Crippen LogP contribution in [0.1, 0.15) is 25.5 Å². The van der Waals surface area contributed by atoms with Crippen molar-refractivity contribution >= 4 is 34.0 Å². The van der Waals surface area contributed by atoms with E-state index in [2.05, 4.69) is 10.1 Å². The Morgan fingerprint density at radius 3 is 3.15 bits per heavy atom. The van der Waals surface area contributed by atoms with Crippen LogP contribution in [0.3, 0.4) is 0 Å². The standard InChI is InChI=1S/C14H17ClN4O/c15-8-12(16)18-11-5-3-4-10-9-17-19(14(10)11)13-6-1-2-7-20-13/h3-5,9,13H,1-2,6-8H2,(H2,16,18). The van der Waals surface area contributed by atoms with Crippen LogP contribution in [0, 0.1) is 0 Å². The van der Waals surface area contributed by atoms with Gasteiger partial charge in [-0.15, -0.1) is 11.6 Å². The number of fused-ring (bicyclic) bond motifs is 1. The number of para-hydroxylation sites is 1. The van der Waals surface area contributed by atoms with Gasteiger partial charge in [0.05, 0.1) is 23.3 Å². The van der Waals surface area contributed by atoms with Gasteiger partial charge in [0.1, 0.15) is 5.84 Å². The molecule has 0 aliphatic carbocycles. The predicted octanol–water partition coefficient (Wildman–Crippen LogP) is 2.96. The number of rotatable bonds is 3. The summed E-state index contributed by atoms with van der Waals surface area (Å²) in [5, 5.41) is 5.49. The molecule has 1 unspecified atom stereocenters. The minimum Gasteiger partial charge on any atom is -0.386 e. The summed E-state index contributed by atoms with van der Waals surface area (Å²) in [6.07, 6.45) is 5.05. The molecule has 0 spiro atoms. The van der Waals surface area contributed by atoms with Crippen molar-refractivity contribution in [3.8, 4) is 0 Å². The normalized spacial score (nSPS) is 20.4. The minimum absolute atomic E-state index is 0.0187. The van der Waals surface area contributed by atoms with E-state index < -0.39 is 0 Å². The third kappa shape index (κ3) is 2.51. The summed E-state index contributed by atoms with van der Waals surface area (Å²) in [6.45, 7) is 0.779. The number of benzene rings is 1. The fourth-order valence-corrected chi connectivity index (χ4v) is 2.55. The third-order valence-corrected chi connectivity index (χ3v) is 3.70. The summed E-state index contributed by atoms with van der Waals surface area (Å²) in [5.41, 5.74) is 7.49. The van der Waals surface area contributed by atoms with Crippen molar-refractivity contribution in [2.75, 3.05) is 12.5 Å². The van der Waals surface area contributed by atoms with Gasteiger partial charge in [0, 0.05) is 12.0 Å². The van der Waals surface area contributed by atoms with Crippen molar-refractivity contribution in [2.45, 2.75) is 25.5 Å². The summed E-state index contributed by atoms with van der Waals surface area (Å²) in [6, 6.07) is 5.87. The fourth-order valence-electron chi connectivity index (χ4n) is 2.49. The number of hydrogen-bond acceptors (Lipinski definition) is 3. The fraction of sp³-hybridized carbons (Fsp3) is 0.429. The SMILES string of the molecule is NC(CCl)=Nc1cccc2cnn(C3CCCCO3)c12. The predicted molar refractivity (Wildman–Crippen MR) is 80.6 cm³/mol. The topological polar surface area (TPSA) is 65.4 Å². The highest BCUT2D eigenvalue weighted by Crippen LogP contribution is 2.31. The third-order valence-electron chi connectivity index (χ3n) is 3.43. The van der Waals surface area contributed by atoms with E-state index in [0.717, 1.165) is 42.5 Å². The summed E-state index contributed by atoms with van der Waals surface area (Å²) in [7, 11) is 0. The Hall–Kier alpha value is -1.59. The smallest absolute Gasteiger partial charge is 0.150 e. The average Bonchev–Trinajstić information content (AvgIpc) is 2.93. The molecule has 3 rings (SSSR count). The summed E-state index contributed by atoms with van der Waals surface area (Å²) < 4.78 is 7.72. The number of nitrogens with zero attached hydrogens (tertiary/aromatic N) is 3. The lowest BCUT2D eigenvalue weighted by Crippen LogP contribution is -2.19. The van der Waals surface area contributed by atoms with Gasteiger partial charge in [-0.1, -0.05) is 12.1 Å². The average molecular weight is 293 g/mol. The molecule has 1 aliphatic heterocycles. The van der Waals surface area contributed by atoms with Crippen LogP contribution in [0.25, 0.3) is 10.9 Å². The second-order valence-electron chi connectivity index (χ2n) is 4.86. The summed E-state index contributed by atoms with van der Waals surface area (Å²) >= 11 is 5.71. The maximum Gasteiger partial charge on any atom is 0.150 e. The zero-order valence-electron chi connectivity index (χ0n) is 11.1. The van der Waals surface area contributed by atoms with Crippen LogP contribution >= 0.6 is 11.6 Å². The van der Waals surface area contributed by atoms with Gasteiger partial charge in [-0.25, -0.2) is 9.67 Å². The lowest BCUT2D eigenvalue weighted by atomic mass is 10.2. The molecule has 0 radical (unpaired) electrons. The zero-order chi connectivity index (χ0) is 13.9. The van der Waals surface area contributed by atoms with Gasteiger partial charge < -0.3 is 10.5 Å². The Balaban J connectivity index is 2.09. The maximum absolute atomic E-state index is 5.81. The number of halogens is 1. The van der Waals surface area contributed by atoms with E-state index in [-0.39, 0.29) is 12.1 Å². The Morgan fingerprint density at radius 1 is 1.50 bits per heavy atom. The van der Waals surface area contributed by atoms with Crippen molar-refractivity contribution in [3.63, 3.8) is 0 Å². The number of ether oxygens (including phenoxy) is 1. The molecule has 2 aromatic rings. The zero-order valence-corrected chi connectivity index (χ0v) is 11.9. The van der Waals surface area contributed by atoms with E-state index in [4.69, 9.17) is 22.1 Å². The van der Waals surface area contributed by atoms with E-state index in [1.165, 1.54) is 0 Å². The molecule has 1 saturated heterocycles. The maximum atomic E-state index is 5.81. The highest BCUT2D eigenvalue weighted by molar-refractivity contribution is 6.28. The number of aliphatic imine (C=N–C) groups is 1. The Kier molecular flexibility index (Phi) is 3.89. The van der Waals surface area contributed by atoms with Crippen LogP contribution in [-0.4, -0.2) is 28.1 Å².